The number of nitrogens with zero attached hydrogens (tertiary/aromatic N) is 3. The predicted molar refractivity (Wildman–Crippen MR) is 100 cm³/mol. The number of fused-ring (bicyclic) bond motifs is 3. The lowest BCUT2D eigenvalue weighted by Crippen LogP contribution is -2.62. The highest BCUT2D eigenvalue weighted by molar-refractivity contribution is 5.83. The van der Waals surface area contributed by atoms with E-state index in [1.165, 1.54) is 7.11 Å². The van der Waals surface area contributed by atoms with Crippen LogP contribution >= 0.6 is 0 Å². The number of ether oxygens (including phenoxy) is 2. The van der Waals surface area contributed by atoms with Crippen molar-refractivity contribution in [2.45, 2.75) is 57.8 Å². The van der Waals surface area contributed by atoms with E-state index in [1.807, 2.05) is 9.80 Å². The van der Waals surface area contributed by atoms with Crippen LogP contribution in [0.15, 0.2) is 0 Å². The van der Waals surface area contributed by atoms with Gasteiger partial charge in [0, 0.05) is 37.6 Å². The normalized spacial score (nSPS) is 37.9. The van der Waals surface area contributed by atoms with E-state index in [4.69, 9.17) is 9.47 Å². The largest absolute Gasteiger partial charge is 0.453 e. The first-order valence-electron chi connectivity index (χ1n) is 10.4. The van der Waals surface area contributed by atoms with E-state index in [0.29, 0.717) is 37.0 Å². The molecule has 0 N–H and O–H groups in total. The van der Waals surface area contributed by atoms with Crippen LogP contribution < -0.4 is 0 Å². The van der Waals surface area contributed by atoms with Crippen LogP contribution in [-0.4, -0.2) is 90.8 Å². The number of piperidine rings is 2. The average Bonchev–Trinajstić information content (AvgIpc) is 3.13. The van der Waals surface area contributed by atoms with Gasteiger partial charge in [-0.05, 0) is 45.4 Å². The Morgan fingerprint density at radius 1 is 1.11 bits per heavy atom. The van der Waals surface area contributed by atoms with E-state index in [2.05, 4.69) is 25.7 Å². The van der Waals surface area contributed by atoms with Gasteiger partial charge >= 0.3 is 6.09 Å². The van der Waals surface area contributed by atoms with Crippen LogP contribution in [0, 0.1) is 17.8 Å². The molecule has 0 spiro atoms. The summed E-state index contributed by atoms with van der Waals surface area (Å²) in [5.41, 5.74) is 0. The van der Waals surface area contributed by atoms with Gasteiger partial charge in [-0.2, -0.15) is 0 Å². The SMILES string of the molecule is CCN(C(=O)C1C2CN(C3CC4COCC(C3)N4C(=O)OC)CC21)C(C)C. The van der Waals surface area contributed by atoms with Gasteiger partial charge in [-0.15, -0.1) is 0 Å². The fourth-order valence-electron chi connectivity index (χ4n) is 5.78. The molecule has 2 bridgehead atoms. The molecule has 3 heterocycles. The second kappa shape index (κ2) is 7.24. The summed E-state index contributed by atoms with van der Waals surface area (Å²) in [4.78, 5) is 31.4. The molecule has 1 saturated carbocycles. The summed E-state index contributed by atoms with van der Waals surface area (Å²) in [6, 6.07) is 0.990. The zero-order valence-corrected chi connectivity index (χ0v) is 17.0. The Hall–Kier alpha value is -1.34. The predicted octanol–water partition coefficient (Wildman–Crippen LogP) is 1.42. The molecule has 152 valence electrons. The molecule has 0 radical (unpaired) electrons. The first-order valence-corrected chi connectivity index (χ1v) is 10.4. The van der Waals surface area contributed by atoms with E-state index in [-0.39, 0.29) is 30.1 Å². The van der Waals surface area contributed by atoms with Gasteiger partial charge in [0.2, 0.25) is 5.91 Å². The van der Waals surface area contributed by atoms with E-state index in [9.17, 15) is 9.59 Å². The summed E-state index contributed by atoms with van der Waals surface area (Å²) < 4.78 is 10.7. The highest BCUT2D eigenvalue weighted by Crippen LogP contribution is 2.54. The lowest BCUT2D eigenvalue weighted by molar-refractivity contribution is -0.135. The first kappa shape index (κ1) is 19.0. The Morgan fingerprint density at radius 3 is 2.19 bits per heavy atom. The van der Waals surface area contributed by atoms with Gasteiger partial charge in [0.05, 0.1) is 32.4 Å². The molecule has 7 nitrogen and oxygen atoms in total. The molecule has 2 amide bonds. The summed E-state index contributed by atoms with van der Waals surface area (Å²) in [5.74, 6) is 1.65. The van der Waals surface area contributed by atoms with Gasteiger partial charge in [-0.3, -0.25) is 14.6 Å². The summed E-state index contributed by atoms with van der Waals surface area (Å²) in [5, 5.41) is 0. The second-order valence-electron chi connectivity index (χ2n) is 8.87. The summed E-state index contributed by atoms with van der Waals surface area (Å²) in [7, 11) is 1.45. The van der Waals surface area contributed by atoms with Crippen molar-refractivity contribution in [1.82, 2.24) is 14.7 Å². The standard InChI is InChI=1S/C20H33N3O4/c1-5-22(12(2)3)19(24)18-16-8-21(9-17(16)18)13-6-14-10-27-11-15(7-13)23(14)20(25)26-4/h12-18H,5-11H2,1-4H3. The van der Waals surface area contributed by atoms with Crippen molar-refractivity contribution in [3.8, 4) is 0 Å². The fourth-order valence-corrected chi connectivity index (χ4v) is 5.78. The van der Waals surface area contributed by atoms with Gasteiger partial charge in [-0.1, -0.05) is 0 Å². The van der Waals surface area contributed by atoms with Crippen LogP contribution in [0.2, 0.25) is 0 Å². The zero-order chi connectivity index (χ0) is 19.3. The lowest BCUT2D eigenvalue weighted by Gasteiger charge is -2.49. The summed E-state index contributed by atoms with van der Waals surface area (Å²) in [6.45, 7) is 10.3. The molecule has 4 aliphatic rings. The quantitative estimate of drug-likeness (QED) is 0.739. The molecular formula is C20H33N3O4. The van der Waals surface area contributed by atoms with Crippen molar-refractivity contribution < 1.29 is 19.1 Å². The molecule has 0 aromatic carbocycles. The second-order valence-corrected chi connectivity index (χ2v) is 8.87. The number of methoxy groups -OCH3 is 1. The zero-order valence-electron chi connectivity index (χ0n) is 17.0. The minimum atomic E-state index is -0.227. The van der Waals surface area contributed by atoms with E-state index in [1.54, 1.807) is 0 Å². The third kappa shape index (κ3) is 3.23. The number of rotatable bonds is 4. The molecule has 7 heteroatoms. The van der Waals surface area contributed by atoms with Crippen molar-refractivity contribution in [2.75, 3.05) is 40.0 Å². The molecule has 3 aliphatic heterocycles. The van der Waals surface area contributed by atoms with Crippen molar-refractivity contribution in [2.24, 2.45) is 17.8 Å². The fraction of sp³-hybridized carbons (Fsp3) is 0.900. The molecule has 3 saturated heterocycles. The Labute approximate surface area is 161 Å². The number of morpholine rings is 1. The van der Waals surface area contributed by atoms with Gasteiger partial charge in [0.1, 0.15) is 0 Å². The van der Waals surface area contributed by atoms with Crippen molar-refractivity contribution in [3.63, 3.8) is 0 Å². The lowest BCUT2D eigenvalue weighted by atomic mass is 9.89. The molecule has 4 unspecified atom stereocenters. The van der Waals surface area contributed by atoms with Gasteiger partial charge in [-0.25, -0.2) is 4.79 Å². The van der Waals surface area contributed by atoms with Crippen LogP contribution in [0.5, 0.6) is 0 Å². The summed E-state index contributed by atoms with van der Waals surface area (Å²) >= 11 is 0. The van der Waals surface area contributed by atoms with Gasteiger partial charge < -0.3 is 14.4 Å². The third-order valence-corrected chi connectivity index (χ3v) is 7.15. The van der Waals surface area contributed by atoms with Crippen LogP contribution in [-0.2, 0) is 14.3 Å². The van der Waals surface area contributed by atoms with Crippen LogP contribution in [0.1, 0.15) is 33.6 Å². The van der Waals surface area contributed by atoms with Crippen molar-refractivity contribution in [3.05, 3.63) is 0 Å². The van der Waals surface area contributed by atoms with Crippen LogP contribution in [0.3, 0.4) is 0 Å². The summed E-state index contributed by atoms with van der Waals surface area (Å²) in [6.07, 6.45) is 1.66. The van der Waals surface area contributed by atoms with Gasteiger partial charge in [0.15, 0.2) is 0 Å². The highest BCUT2D eigenvalue weighted by atomic mass is 16.5. The topological polar surface area (TPSA) is 62.3 Å². The Morgan fingerprint density at radius 2 is 1.70 bits per heavy atom. The minimum Gasteiger partial charge on any atom is -0.453 e. The molecule has 4 atom stereocenters. The molecule has 0 aromatic heterocycles. The molecule has 4 fully saturated rings. The number of likely N-dealkylation sites (tertiary alicyclic amines) is 1. The Balaban J connectivity index is 1.35. The molecule has 1 aliphatic carbocycles. The van der Waals surface area contributed by atoms with E-state index in [0.717, 1.165) is 32.5 Å². The third-order valence-electron chi connectivity index (χ3n) is 7.15. The highest BCUT2D eigenvalue weighted by Gasteiger charge is 2.61. The molecular weight excluding hydrogens is 346 g/mol. The number of amides is 2. The monoisotopic (exact) mass is 379 g/mol. The number of carbonyl (C=O) groups is 2. The maximum Gasteiger partial charge on any atom is 0.410 e. The molecule has 0 aromatic rings. The Bertz CT molecular complexity index is 572. The van der Waals surface area contributed by atoms with Crippen molar-refractivity contribution >= 4 is 12.0 Å². The maximum absolute atomic E-state index is 12.8. The van der Waals surface area contributed by atoms with E-state index < -0.39 is 0 Å². The number of hydrogen-bond donors (Lipinski definition) is 0. The Kier molecular flexibility index (Phi) is 5.10. The smallest absolute Gasteiger partial charge is 0.410 e. The van der Waals surface area contributed by atoms with Crippen LogP contribution in [0.4, 0.5) is 4.79 Å². The molecule has 4 rings (SSSR count). The maximum atomic E-state index is 12.8. The van der Waals surface area contributed by atoms with Gasteiger partial charge in [0.25, 0.3) is 0 Å². The number of carbonyl (C=O) groups excluding carboxylic acids is 2. The molecule has 27 heavy (non-hydrogen) atoms. The minimum absolute atomic E-state index is 0.112. The van der Waals surface area contributed by atoms with Crippen molar-refractivity contribution in [1.29, 1.82) is 0 Å². The average molecular weight is 380 g/mol. The van der Waals surface area contributed by atoms with Crippen LogP contribution in [0.25, 0.3) is 0 Å². The van der Waals surface area contributed by atoms with E-state index >= 15 is 0 Å². The number of hydrogen-bond acceptors (Lipinski definition) is 5. The first-order chi connectivity index (χ1) is 13.0.